The Morgan fingerprint density at radius 1 is 1.34 bits per heavy atom. The Bertz CT molecular complexity index is 725. The second-order valence-corrected chi connectivity index (χ2v) is 8.62. The van der Waals surface area contributed by atoms with Gasteiger partial charge < -0.3 is 14.8 Å². The van der Waals surface area contributed by atoms with Crippen molar-refractivity contribution in [2.24, 2.45) is 10.9 Å². The van der Waals surface area contributed by atoms with Gasteiger partial charge in [-0.05, 0) is 65.5 Å². The van der Waals surface area contributed by atoms with Crippen molar-refractivity contribution in [3.05, 3.63) is 24.0 Å². The molecule has 1 aromatic carbocycles. The van der Waals surface area contributed by atoms with Crippen LogP contribution < -0.4 is 10.1 Å². The Kier molecular flexibility index (Phi) is 7.84. The van der Waals surface area contributed by atoms with Crippen molar-refractivity contribution >= 4 is 17.7 Å². The number of anilines is 1. The van der Waals surface area contributed by atoms with Gasteiger partial charge in [0.2, 0.25) is 5.96 Å². The summed E-state index contributed by atoms with van der Waals surface area (Å²) >= 11 is 0. The molecule has 0 heterocycles. The van der Waals surface area contributed by atoms with Gasteiger partial charge in [-0.1, -0.05) is 12.8 Å². The summed E-state index contributed by atoms with van der Waals surface area (Å²) in [6.07, 6.45) is 4.41. The van der Waals surface area contributed by atoms with Crippen molar-refractivity contribution in [2.75, 3.05) is 11.9 Å². The number of halogens is 1. The zero-order valence-electron chi connectivity index (χ0n) is 18.0. The number of rotatable bonds is 5. The predicted octanol–water partition coefficient (Wildman–Crippen LogP) is 5.01. The van der Waals surface area contributed by atoms with Gasteiger partial charge in [0.15, 0.2) is 11.6 Å². The van der Waals surface area contributed by atoms with Crippen molar-refractivity contribution < 1.29 is 19.1 Å². The van der Waals surface area contributed by atoms with E-state index >= 15 is 0 Å². The molecule has 0 unspecified atom stereocenters. The normalized spacial score (nSPS) is 15.5. The number of nitrogens with one attached hydrogen (secondary N) is 2. The Hall–Kier alpha value is -2.35. The Labute approximate surface area is 172 Å². The van der Waals surface area contributed by atoms with Crippen molar-refractivity contribution in [3.63, 3.8) is 0 Å². The summed E-state index contributed by atoms with van der Waals surface area (Å²) < 4.78 is 25.3. The fourth-order valence-electron chi connectivity index (χ4n) is 2.99. The van der Waals surface area contributed by atoms with Crippen LogP contribution in [0, 0.1) is 17.1 Å². The van der Waals surface area contributed by atoms with Crippen LogP contribution in [-0.2, 0) is 4.74 Å². The van der Waals surface area contributed by atoms with Gasteiger partial charge in [-0.25, -0.2) is 9.45 Å². The third-order valence-electron chi connectivity index (χ3n) is 4.50. The molecule has 0 bridgehead atoms. The lowest BCUT2D eigenvalue weighted by Gasteiger charge is -2.31. The van der Waals surface area contributed by atoms with E-state index in [-0.39, 0.29) is 23.8 Å². The van der Waals surface area contributed by atoms with Crippen LogP contribution in [0.4, 0.5) is 10.1 Å². The molecule has 0 radical (unpaired) electrons. The molecule has 1 aromatic rings. The molecule has 3 N–H and O–H groups in total. The largest absolute Gasteiger partial charge is 0.488 e. The maximum absolute atomic E-state index is 14.2. The highest BCUT2D eigenvalue weighted by molar-refractivity contribution is 5.98. The highest BCUT2D eigenvalue weighted by Crippen LogP contribution is 2.25. The Morgan fingerprint density at radius 3 is 2.55 bits per heavy atom. The maximum atomic E-state index is 14.2. The van der Waals surface area contributed by atoms with Gasteiger partial charge >= 0.3 is 6.02 Å². The van der Waals surface area contributed by atoms with Gasteiger partial charge in [0.05, 0.1) is 18.2 Å². The van der Waals surface area contributed by atoms with Crippen LogP contribution in [0.3, 0.4) is 0 Å². The molecule has 2 rings (SSSR count). The van der Waals surface area contributed by atoms with Gasteiger partial charge in [0.25, 0.3) is 0 Å². The van der Waals surface area contributed by atoms with Crippen LogP contribution in [0.2, 0.25) is 0 Å². The number of hydroxylamine groups is 2. The van der Waals surface area contributed by atoms with Crippen LogP contribution in [-0.4, -0.2) is 40.5 Å². The van der Waals surface area contributed by atoms with Crippen molar-refractivity contribution in [3.8, 4) is 5.75 Å². The number of aliphatic imine (C=N–C) groups is 1. The molecule has 0 atom stereocenters. The second kappa shape index (κ2) is 9.91. The standard InChI is InChI=1S/C21H33FN4O3/c1-14(2)29-18-11-10-16(12-17(18)22)24-19(23)25-20(26(27)21(3,4)5)28-13-15-8-6-7-9-15/h10-12,14-15,27H,6-9,13H2,1-5H3,(H2,23,24)/b25-20+. The number of ether oxygens (including phenoxy) is 2. The molecule has 0 aliphatic heterocycles. The number of benzene rings is 1. The van der Waals surface area contributed by atoms with E-state index in [1.807, 2.05) is 13.8 Å². The summed E-state index contributed by atoms with van der Waals surface area (Å²) in [6.45, 7) is 9.50. The number of amidine groups is 1. The predicted molar refractivity (Wildman–Crippen MR) is 112 cm³/mol. The number of nitrogens with zero attached hydrogens (tertiary/aromatic N) is 2. The van der Waals surface area contributed by atoms with Gasteiger partial charge in [0, 0.05) is 11.8 Å². The summed E-state index contributed by atoms with van der Waals surface area (Å²) in [5.74, 6) is -0.225. The molecule has 1 aliphatic carbocycles. The van der Waals surface area contributed by atoms with Gasteiger partial charge in [-0.15, -0.1) is 0 Å². The van der Waals surface area contributed by atoms with E-state index < -0.39 is 11.4 Å². The minimum atomic E-state index is -0.656. The molecule has 7 nitrogen and oxygen atoms in total. The molecule has 8 heteroatoms. The van der Waals surface area contributed by atoms with E-state index in [2.05, 4.69) is 10.3 Å². The molecule has 0 saturated heterocycles. The topological polar surface area (TPSA) is 90.2 Å². The minimum Gasteiger partial charge on any atom is -0.488 e. The highest BCUT2D eigenvalue weighted by atomic mass is 19.1. The third kappa shape index (κ3) is 7.20. The van der Waals surface area contributed by atoms with E-state index in [4.69, 9.17) is 14.9 Å². The molecule has 1 fully saturated rings. The first-order valence-electron chi connectivity index (χ1n) is 10.1. The molecular weight excluding hydrogens is 375 g/mol. The molecule has 162 valence electrons. The zero-order chi connectivity index (χ0) is 21.6. The van der Waals surface area contributed by atoms with E-state index in [1.54, 1.807) is 26.8 Å². The maximum Gasteiger partial charge on any atom is 0.320 e. The van der Waals surface area contributed by atoms with Crippen LogP contribution in [0.1, 0.15) is 60.3 Å². The Balaban J connectivity index is 2.09. The number of guanidine groups is 1. The minimum absolute atomic E-state index is 0.0536. The fraction of sp³-hybridized carbons (Fsp3) is 0.619. The molecule has 0 amide bonds. The molecule has 0 spiro atoms. The summed E-state index contributed by atoms with van der Waals surface area (Å²) in [4.78, 5) is 4.09. The lowest BCUT2D eigenvalue weighted by molar-refractivity contribution is -0.107. The molecule has 29 heavy (non-hydrogen) atoms. The smallest absolute Gasteiger partial charge is 0.320 e. The average Bonchev–Trinajstić information content (AvgIpc) is 3.12. The first kappa shape index (κ1) is 22.9. The first-order chi connectivity index (χ1) is 13.6. The molecule has 1 saturated carbocycles. The SMILES string of the molecule is CC(C)Oc1ccc(NC(=N)/N=C(/OCC2CCCC2)N(O)C(C)(C)C)cc1F. The molecular formula is C21H33FN4O3. The monoisotopic (exact) mass is 408 g/mol. The fourth-order valence-corrected chi connectivity index (χ4v) is 2.99. The van der Waals surface area contributed by atoms with E-state index in [0.717, 1.165) is 17.9 Å². The second-order valence-electron chi connectivity index (χ2n) is 8.62. The van der Waals surface area contributed by atoms with Gasteiger partial charge in [0.1, 0.15) is 0 Å². The van der Waals surface area contributed by atoms with Gasteiger partial charge in [-0.3, -0.25) is 10.6 Å². The van der Waals surface area contributed by atoms with Crippen molar-refractivity contribution in [2.45, 2.75) is 71.9 Å². The van der Waals surface area contributed by atoms with Crippen LogP contribution in [0.15, 0.2) is 23.2 Å². The summed E-state index contributed by atoms with van der Waals surface area (Å²) in [7, 11) is 0. The third-order valence-corrected chi connectivity index (χ3v) is 4.50. The number of hydrogen-bond acceptors (Lipinski definition) is 4. The average molecular weight is 409 g/mol. The van der Waals surface area contributed by atoms with Crippen LogP contribution >= 0.6 is 0 Å². The summed E-state index contributed by atoms with van der Waals surface area (Å²) in [5.41, 5.74) is -0.306. The Morgan fingerprint density at radius 2 is 2.00 bits per heavy atom. The lowest BCUT2D eigenvalue weighted by atomic mass is 10.1. The van der Waals surface area contributed by atoms with Crippen LogP contribution in [0.5, 0.6) is 5.75 Å². The van der Waals surface area contributed by atoms with E-state index in [9.17, 15) is 9.60 Å². The molecule has 0 aromatic heterocycles. The van der Waals surface area contributed by atoms with Crippen molar-refractivity contribution in [1.29, 1.82) is 5.41 Å². The first-order valence-corrected chi connectivity index (χ1v) is 10.1. The lowest BCUT2D eigenvalue weighted by Crippen LogP contribution is -2.45. The number of hydrogen-bond donors (Lipinski definition) is 3. The van der Waals surface area contributed by atoms with Crippen LogP contribution in [0.25, 0.3) is 0 Å². The van der Waals surface area contributed by atoms with E-state index in [1.165, 1.54) is 25.0 Å². The summed E-state index contributed by atoms with van der Waals surface area (Å²) in [5, 5.41) is 22.2. The zero-order valence-corrected chi connectivity index (χ0v) is 18.0. The quantitative estimate of drug-likeness (QED) is 0.362. The highest BCUT2D eigenvalue weighted by Gasteiger charge is 2.27. The van der Waals surface area contributed by atoms with Gasteiger partial charge in [-0.2, -0.15) is 4.99 Å². The summed E-state index contributed by atoms with van der Waals surface area (Å²) in [6, 6.07) is 4.29. The molecule has 1 aliphatic rings. The van der Waals surface area contributed by atoms with E-state index in [0.29, 0.717) is 18.2 Å². The van der Waals surface area contributed by atoms with Crippen molar-refractivity contribution in [1.82, 2.24) is 5.06 Å².